The van der Waals surface area contributed by atoms with E-state index in [0.29, 0.717) is 23.7 Å². The molecule has 21 heavy (non-hydrogen) atoms. The van der Waals surface area contributed by atoms with Gasteiger partial charge in [-0.2, -0.15) is 0 Å². The van der Waals surface area contributed by atoms with E-state index in [-0.39, 0.29) is 24.2 Å². The second-order valence-electron chi connectivity index (χ2n) is 5.02. The summed E-state index contributed by atoms with van der Waals surface area (Å²) in [5.41, 5.74) is 0.383. The van der Waals surface area contributed by atoms with Gasteiger partial charge in [0.15, 0.2) is 0 Å². The number of likely N-dealkylation sites (N-methyl/N-ethyl adjacent to an activating group) is 1. The lowest BCUT2D eigenvalue weighted by Gasteiger charge is -2.30. The van der Waals surface area contributed by atoms with Crippen molar-refractivity contribution in [3.05, 3.63) is 28.8 Å². The Hall–Kier alpha value is -0.700. The summed E-state index contributed by atoms with van der Waals surface area (Å²) < 4.78 is 32.5. The van der Waals surface area contributed by atoms with E-state index in [1.54, 1.807) is 0 Å². The third-order valence-electron chi connectivity index (χ3n) is 3.34. The fourth-order valence-electron chi connectivity index (χ4n) is 2.12. The predicted octanol–water partition coefficient (Wildman–Crippen LogP) is 0.441. The van der Waals surface area contributed by atoms with Gasteiger partial charge in [0.2, 0.25) is 10.0 Å². The molecule has 0 bridgehead atoms. The molecule has 8 heteroatoms. The van der Waals surface area contributed by atoms with Gasteiger partial charge >= 0.3 is 0 Å². The topological polar surface area (TPSA) is 78.9 Å². The molecule has 0 amide bonds. The van der Waals surface area contributed by atoms with Gasteiger partial charge in [-0.3, -0.25) is 0 Å². The highest BCUT2D eigenvalue weighted by molar-refractivity contribution is 7.89. The minimum atomic E-state index is -3.64. The van der Waals surface area contributed by atoms with E-state index in [4.69, 9.17) is 21.4 Å². The summed E-state index contributed by atoms with van der Waals surface area (Å²) in [5.74, 6) is 0. The summed E-state index contributed by atoms with van der Waals surface area (Å²) in [7, 11) is -1.68. The molecule has 1 unspecified atom stereocenters. The van der Waals surface area contributed by atoms with Crippen molar-refractivity contribution in [2.45, 2.75) is 17.6 Å². The van der Waals surface area contributed by atoms with Gasteiger partial charge < -0.3 is 14.7 Å². The summed E-state index contributed by atoms with van der Waals surface area (Å²) in [5, 5.41) is 9.49. The first-order valence-electron chi connectivity index (χ1n) is 6.61. The number of nitrogens with zero attached hydrogens (tertiary/aromatic N) is 1. The first-order chi connectivity index (χ1) is 9.92. The summed E-state index contributed by atoms with van der Waals surface area (Å²) in [6.45, 7) is 2.03. The molecule has 0 aromatic heterocycles. The van der Waals surface area contributed by atoms with Crippen molar-refractivity contribution in [1.82, 2.24) is 9.62 Å². The van der Waals surface area contributed by atoms with Crippen LogP contribution in [0.15, 0.2) is 23.1 Å². The number of ether oxygens (including phenoxy) is 1. The summed E-state index contributed by atoms with van der Waals surface area (Å²) >= 11 is 5.86. The van der Waals surface area contributed by atoms with E-state index in [1.165, 1.54) is 18.2 Å². The van der Waals surface area contributed by atoms with Crippen LogP contribution in [0.3, 0.4) is 0 Å². The van der Waals surface area contributed by atoms with Gasteiger partial charge in [-0.25, -0.2) is 13.1 Å². The second-order valence-corrected chi connectivity index (χ2v) is 7.19. The highest BCUT2D eigenvalue weighted by Crippen LogP contribution is 2.20. The Bertz CT molecular complexity index is 594. The fraction of sp³-hybridized carbons (Fsp3) is 0.538. The average molecular weight is 335 g/mol. The van der Waals surface area contributed by atoms with E-state index in [9.17, 15) is 8.42 Å². The minimum Gasteiger partial charge on any atom is -0.392 e. The zero-order chi connectivity index (χ0) is 15.5. The van der Waals surface area contributed by atoms with Crippen LogP contribution in [-0.2, 0) is 21.4 Å². The molecule has 1 aromatic rings. The lowest BCUT2D eigenvalue weighted by Crippen LogP contribution is -2.45. The van der Waals surface area contributed by atoms with Gasteiger partial charge in [0.05, 0.1) is 24.2 Å². The smallest absolute Gasteiger partial charge is 0.240 e. The van der Waals surface area contributed by atoms with Crippen molar-refractivity contribution in [3.63, 3.8) is 0 Å². The number of hydrogen-bond acceptors (Lipinski definition) is 5. The Morgan fingerprint density at radius 3 is 2.95 bits per heavy atom. The number of sulfonamides is 1. The zero-order valence-corrected chi connectivity index (χ0v) is 13.3. The van der Waals surface area contributed by atoms with Crippen molar-refractivity contribution in [3.8, 4) is 0 Å². The quantitative estimate of drug-likeness (QED) is 0.817. The third-order valence-corrected chi connectivity index (χ3v) is 5.13. The maximum absolute atomic E-state index is 12.2. The van der Waals surface area contributed by atoms with Gasteiger partial charge in [0, 0.05) is 24.7 Å². The molecule has 118 valence electrons. The molecule has 1 aliphatic rings. The standard InChI is InChI=1S/C13H19ClN2O4S/c1-16-4-5-20-11(8-16)7-15-21(18,19)12-2-3-13(14)10(6-12)9-17/h2-3,6,11,15,17H,4-5,7-9H2,1H3. The van der Waals surface area contributed by atoms with E-state index >= 15 is 0 Å². The first kappa shape index (κ1) is 16.7. The van der Waals surface area contributed by atoms with Gasteiger partial charge in [0.25, 0.3) is 0 Å². The Morgan fingerprint density at radius 2 is 2.29 bits per heavy atom. The lowest BCUT2D eigenvalue weighted by atomic mass is 10.2. The van der Waals surface area contributed by atoms with Crippen molar-refractivity contribution in [1.29, 1.82) is 0 Å². The summed E-state index contributed by atoms with van der Waals surface area (Å²) in [6.07, 6.45) is -0.164. The van der Waals surface area contributed by atoms with E-state index in [2.05, 4.69) is 9.62 Å². The number of morpholine rings is 1. The Kier molecular flexibility index (Phi) is 5.59. The number of rotatable bonds is 5. The van der Waals surface area contributed by atoms with Crippen LogP contribution in [0.2, 0.25) is 5.02 Å². The lowest BCUT2D eigenvalue weighted by molar-refractivity contribution is -0.0156. The average Bonchev–Trinajstić information content (AvgIpc) is 2.46. The number of benzene rings is 1. The molecule has 0 saturated carbocycles. The monoisotopic (exact) mass is 334 g/mol. The third kappa shape index (κ3) is 4.38. The molecular weight excluding hydrogens is 316 g/mol. The van der Waals surface area contributed by atoms with E-state index < -0.39 is 10.0 Å². The Labute approximate surface area is 129 Å². The number of aliphatic hydroxyl groups is 1. The predicted molar refractivity (Wildman–Crippen MR) is 79.8 cm³/mol. The van der Waals surface area contributed by atoms with Crippen LogP contribution in [0.25, 0.3) is 0 Å². The number of hydrogen-bond donors (Lipinski definition) is 2. The van der Waals surface area contributed by atoms with Crippen molar-refractivity contribution in [2.24, 2.45) is 0 Å². The Morgan fingerprint density at radius 1 is 1.52 bits per heavy atom. The van der Waals surface area contributed by atoms with Crippen molar-refractivity contribution in [2.75, 3.05) is 33.3 Å². The molecule has 0 radical (unpaired) electrons. The molecule has 1 heterocycles. The van der Waals surface area contributed by atoms with Crippen LogP contribution in [0, 0.1) is 0 Å². The molecule has 1 aliphatic heterocycles. The molecule has 6 nitrogen and oxygen atoms in total. The summed E-state index contributed by atoms with van der Waals surface area (Å²) in [6, 6.07) is 4.25. The number of aliphatic hydroxyl groups excluding tert-OH is 1. The van der Waals surface area contributed by atoms with Crippen molar-refractivity contribution < 1.29 is 18.3 Å². The molecule has 2 rings (SSSR count). The number of nitrogens with one attached hydrogen (secondary N) is 1. The normalized spacial score (nSPS) is 20.6. The molecule has 1 atom stereocenters. The molecule has 1 fully saturated rings. The fourth-order valence-corrected chi connectivity index (χ4v) is 3.41. The van der Waals surface area contributed by atoms with Gasteiger partial charge in [-0.05, 0) is 30.8 Å². The number of halogens is 1. The highest BCUT2D eigenvalue weighted by atomic mass is 35.5. The van der Waals surface area contributed by atoms with Crippen molar-refractivity contribution >= 4 is 21.6 Å². The molecular formula is C13H19ClN2O4S. The van der Waals surface area contributed by atoms with Gasteiger partial charge in [-0.15, -0.1) is 0 Å². The van der Waals surface area contributed by atoms with Crippen LogP contribution in [0.5, 0.6) is 0 Å². The molecule has 0 spiro atoms. The zero-order valence-electron chi connectivity index (χ0n) is 11.8. The van der Waals surface area contributed by atoms with Crippen LogP contribution in [0.4, 0.5) is 0 Å². The molecule has 0 aliphatic carbocycles. The SMILES string of the molecule is CN1CCOC(CNS(=O)(=O)c2ccc(Cl)c(CO)c2)C1. The largest absolute Gasteiger partial charge is 0.392 e. The molecule has 2 N–H and O–H groups in total. The highest BCUT2D eigenvalue weighted by Gasteiger charge is 2.21. The summed E-state index contributed by atoms with van der Waals surface area (Å²) in [4.78, 5) is 2.18. The molecule has 1 saturated heterocycles. The van der Waals surface area contributed by atoms with E-state index in [0.717, 1.165) is 6.54 Å². The first-order valence-corrected chi connectivity index (χ1v) is 8.47. The van der Waals surface area contributed by atoms with E-state index in [1.807, 2.05) is 7.05 Å². The second kappa shape index (κ2) is 7.04. The van der Waals surface area contributed by atoms with Crippen LogP contribution >= 0.6 is 11.6 Å². The maximum atomic E-state index is 12.2. The minimum absolute atomic E-state index is 0.0834. The maximum Gasteiger partial charge on any atom is 0.240 e. The van der Waals surface area contributed by atoms with Crippen LogP contribution in [0.1, 0.15) is 5.56 Å². The van der Waals surface area contributed by atoms with Gasteiger partial charge in [0.1, 0.15) is 0 Å². The molecule has 1 aromatic carbocycles. The van der Waals surface area contributed by atoms with Crippen LogP contribution in [-0.4, -0.2) is 57.8 Å². The Balaban J connectivity index is 2.04. The van der Waals surface area contributed by atoms with Gasteiger partial charge in [-0.1, -0.05) is 11.6 Å². The van der Waals surface area contributed by atoms with Crippen LogP contribution < -0.4 is 4.72 Å².